The van der Waals surface area contributed by atoms with E-state index in [2.05, 4.69) is 13.8 Å². The number of rotatable bonds is 0. The Morgan fingerprint density at radius 3 is 1.70 bits per heavy atom. The van der Waals surface area contributed by atoms with Gasteiger partial charge in [-0.1, -0.05) is 84.5 Å². The summed E-state index contributed by atoms with van der Waals surface area (Å²) < 4.78 is 0. The zero-order valence-electron chi connectivity index (χ0n) is 14.3. The van der Waals surface area contributed by atoms with Crippen molar-refractivity contribution < 1.29 is 0 Å². The van der Waals surface area contributed by atoms with Crippen LogP contribution in [0.1, 0.15) is 110 Å². The first-order valence-electron chi connectivity index (χ1n) is 9.73. The van der Waals surface area contributed by atoms with Crippen LogP contribution in [-0.2, 0) is 0 Å². The van der Waals surface area contributed by atoms with Gasteiger partial charge < -0.3 is 0 Å². The molecule has 2 aliphatic rings. The highest BCUT2D eigenvalue weighted by Crippen LogP contribution is 2.50. The van der Waals surface area contributed by atoms with Crippen LogP contribution in [0, 0.1) is 17.3 Å². The molecule has 0 aliphatic heterocycles. The third-order valence-corrected chi connectivity index (χ3v) is 6.61. The lowest BCUT2D eigenvalue weighted by molar-refractivity contribution is 0.141. The van der Waals surface area contributed by atoms with E-state index < -0.39 is 0 Å². The molecule has 0 saturated heterocycles. The van der Waals surface area contributed by atoms with Gasteiger partial charge in [-0.3, -0.25) is 0 Å². The Kier molecular flexibility index (Phi) is 6.91. The molecule has 2 saturated carbocycles. The van der Waals surface area contributed by atoms with Crippen molar-refractivity contribution in [1.82, 2.24) is 0 Å². The van der Waals surface area contributed by atoms with E-state index in [-0.39, 0.29) is 0 Å². The molecule has 1 spiro atoms. The molecule has 0 radical (unpaired) electrons. The van der Waals surface area contributed by atoms with Crippen LogP contribution < -0.4 is 0 Å². The van der Waals surface area contributed by atoms with Crippen molar-refractivity contribution in [1.29, 1.82) is 0 Å². The summed E-state index contributed by atoms with van der Waals surface area (Å²) in [7, 11) is 0. The van der Waals surface area contributed by atoms with Gasteiger partial charge in [-0.05, 0) is 42.9 Å². The average Bonchev–Trinajstić information content (AvgIpc) is 2.92. The molecular formula is C20H38. The molecular weight excluding hydrogens is 240 g/mol. The van der Waals surface area contributed by atoms with Gasteiger partial charge in [0, 0.05) is 0 Å². The van der Waals surface area contributed by atoms with Gasteiger partial charge >= 0.3 is 0 Å². The van der Waals surface area contributed by atoms with Crippen molar-refractivity contribution in [3.05, 3.63) is 0 Å². The first kappa shape index (κ1) is 16.4. The fourth-order valence-electron chi connectivity index (χ4n) is 4.91. The first-order chi connectivity index (χ1) is 9.73. The van der Waals surface area contributed by atoms with Crippen LogP contribution >= 0.6 is 0 Å². The Balaban J connectivity index is 1.90. The highest BCUT2D eigenvalue weighted by atomic mass is 14.4. The normalized spacial score (nSPS) is 33.9. The van der Waals surface area contributed by atoms with Crippen LogP contribution in [0.4, 0.5) is 0 Å². The van der Waals surface area contributed by atoms with Gasteiger partial charge in [0.05, 0.1) is 0 Å². The largest absolute Gasteiger partial charge is 0.0625 e. The fourth-order valence-corrected chi connectivity index (χ4v) is 4.91. The SMILES string of the molecule is CC1CCCCCCCCCC2(CCCC2)C(C)CC1. The van der Waals surface area contributed by atoms with Gasteiger partial charge in [0.1, 0.15) is 0 Å². The molecule has 0 amide bonds. The smallest absolute Gasteiger partial charge is 0.0272 e. The van der Waals surface area contributed by atoms with E-state index in [4.69, 9.17) is 0 Å². The molecule has 2 aliphatic carbocycles. The van der Waals surface area contributed by atoms with Crippen LogP contribution in [0.2, 0.25) is 0 Å². The molecule has 0 nitrogen and oxygen atoms in total. The second kappa shape index (κ2) is 8.44. The molecule has 2 fully saturated rings. The lowest BCUT2D eigenvalue weighted by Crippen LogP contribution is -2.26. The lowest BCUT2D eigenvalue weighted by atomic mass is 9.69. The maximum absolute atomic E-state index is 2.59. The van der Waals surface area contributed by atoms with E-state index in [0.29, 0.717) is 0 Å². The summed E-state index contributed by atoms with van der Waals surface area (Å²) in [5.74, 6) is 1.95. The predicted molar refractivity (Wildman–Crippen MR) is 90.0 cm³/mol. The van der Waals surface area contributed by atoms with Gasteiger partial charge in [0.2, 0.25) is 0 Å². The van der Waals surface area contributed by atoms with Crippen LogP contribution in [-0.4, -0.2) is 0 Å². The standard InChI is InChI=1S/C20H38/c1-18-12-8-6-4-3-5-7-9-15-20(16-10-11-17-20)19(2)14-13-18/h18-19H,3-17H2,1-2H3. The third kappa shape index (κ3) is 4.78. The van der Waals surface area contributed by atoms with E-state index >= 15 is 0 Å². The quantitative estimate of drug-likeness (QED) is 0.442. The van der Waals surface area contributed by atoms with Gasteiger partial charge in [-0.25, -0.2) is 0 Å². The summed E-state index contributed by atoms with van der Waals surface area (Å²) in [4.78, 5) is 0. The van der Waals surface area contributed by atoms with E-state index in [9.17, 15) is 0 Å². The second-order valence-corrected chi connectivity index (χ2v) is 8.17. The Hall–Kier alpha value is 0. The summed E-state index contributed by atoms with van der Waals surface area (Å²) in [6.07, 6.45) is 22.6. The number of hydrogen-bond acceptors (Lipinski definition) is 0. The van der Waals surface area contributed by atoms with Crippen LogP contribution in [0.15, 0.2) is 0 Å². The van der Waals surface area contributed by atoms with Gasteiger partial charge in [0.25, 0.3) is 0 Å². The third-order valence-electron chi connectivity index (χ3n) is 6.61. The highest BCUT2D eigenvalue weighted by molar-refractivity contribution is 4.89. The minimum absolute atomic E-state index is 0.754. The molecule has 2 rings (SSSR count). The van der Waals surface area contributed by atoms with E-state index in [1.807, 2.05) is 0 Å². The van der Waals surface area contributed by atoms with Crippen LogP contribution in [0.25, 0.3) is 0 Å². The molecule has 0 aromatic heterocycles. The maximum atomic E-state index is 2.59. The molecule has 0 N–H and O–H groups in total. The summed E-state index contributed by atoms with van der Waals surface area (Å²) in [6, 6.07) is 0. The Morgan fingerprint density at radius 2 is 1.05 bits per heavy atom. The maximum Gasteiger partial charge on any atom is -0.0272 e. The molecule has 118 valence electrons. The second-order valence-electron chi connectivity index (χ2n) is 8.17. The van der Waals surface area contributed by atoms with Crippen molar-refractivity contribution in [2.45, 2.75) is 110 Å². The molecule has 0 bridgehead atoms. The van der Waals surface area contributed by atoms with E-state index in [1.165, 1.54) is 77.0 Å². The Bertz CT molecular complexity index is 249. The Morgan fingerprint density at radius 1 is 0.550 bits per heavy atom. The predicted octanol–water partition coefficient (Wildman–Crippen LogP) is 7.12. The minimum atomic E-state index is 0.754. The van der Waals surface area contributed by atoms with Crippen molar-refractivity contribution in [3.8, 4) is 0 Å². The average molecular weight is 279 g/mol. The molecule has 20 heavy (non-hydrogen) atoms. The zero-order valence-corrected chi connectivity index (χ0v) is 14.3. The molecule has 2 unspecified atom stereocenters. The first-order valence-corrected chi connectivity index (χ1v) is 9.73. The number of hydrogen-bond donors (Lipinski definition) is 0. The van der Waals surface area contributed by atoms with Gasteiger partial charge in [0.15, 0.2) is 0 Å². The summed E-state index contributed by atoms with van der Waals surface area (Å²) >= 11 is 0. The fraction of sp³-hybridized carbons (Fsp3) is 1.00. The summed E-state index contributed by atoms with van der Waals surface area (Å²) in [5, 5.41) is 0. The molecule has 0 aromatic rings. The van der Waals surface area contributed by atoms with Crippen molar-refractivity contribution in [3.63, 3.8) is 0 Å². The van der Waals surface area contributed by atoms with Crippen molar-refractivity contribution in [2.75, 3.05) is 0 Å². The molecule has 0 heteroatoms. The van der Waals surface area contributed by atoms with Crippen molar-refractivity contribution >= 4 is 0 Å². The highest BCUT2D eigenvalue weighted by Gasteiger charge is 2.37. The lowest BCUT2D eigenvalue weighted by Gasteiger charge is -2.36. The summed E-state index contributed by atoms with van der Waals surface area (Å²) in [5.41, 5.74) is 0.754. The van der Waals surface area contributed by atoms with Crippen molar-refractivity contribution in [2.24, 2.45) is 17.3 Å². The summed E-state index contributed by atoms with van der Waals surface area (Å²) in [6.45, 7) is 5.09. The molecule has 2 atom stereocenters. The molecule has 0 aromatic carbocycles. The van der Waals surface area contributed by atoms with Crippen LogP contribution in [0.3, 0.4) is 0 Å². The topological polar surface area (TPSA) is 0 Å². The van der Waals surface area contributed by atoms with E-state index in [0.717, 1.165) is 17.3 Å². The monoisotopic (exact) mass is 278 g/mol. The zero-order chi connectivity index (χ0) is 14.3. The minimum Gasteiger partial charge on any atom is -0.0625 e. The van der Waals surface area contributed by atoms with E-state index in [1.54, 1.807) is 19.3 Å². The van der Waals surface area contributed by atoms with Crippen LogP contribution in [0.5, 0.6) is 0 Å². The Labute approximate surface area is 128 Å². The van der Waals surface area contributed by atoms with Gasteiger partial charge in [-0.2, -0.15) is 0 Å². The van der Waals surface area contributed by atoms with Gasteiger partial charge in [-0.15, -0.1) is 0 Å². The molecule has 0 heterocycles.